The minimum absolute atomic E-state index is 0.0924. The van der Waals surface area contributed by atoms with Crippen molar-refractivity contribution in [3.8, 4) is 0 Å². The number of aliphatic hydroxyl groups is 1. The number of hydrogen-bond acceptors (Lipinski definition) is 7. The molecule has 1 N–H and O–H groups in total. The van der Waals surface area contributed by atoms with Crippen molar-refractivity contribution in [2.24, 2.45) is 0 Å². The van der Waals surface area contributed by atoms with E-state index in [2.05, 4.69) is 4.98 Å². The van der Waals surface area contributed by atoms with Crippen LogP contribution in [0.2, 0.25) is 0 Å². The molecule has 1 atom stereocenters. The lowest BCUT2D eigenvalue weighted by atomic mass is 9.95. The van der Waals surface area contributed by atoms with Gasteiger partial charge in [0.2, 0.25) is 0 Å². The number of ketones is 1. The molecule has 1 saturated heterocycles. The standard InChI is InChI=1S/C20H13N3O5S/c24-17(13-4-2-1-3-5-13)15-16(12-6-8-14(9-7-12)23(27)28)22(19(26)18(15)25)20-21-10-11-29-20/h1-11,16,24H. The van der Waals surface area contributed by atoms with Gasteiger partial charge in [-0.1, -0.05) is 30.3 Å². The Labute approximate surface area is 168 Å². The van der Waals surface area contributed by atoms with E-state index in [1.165, 1.54) is 46.7 Å². The lowest BCUT2D eigenvalue weighted by Gasteiger charge is -2.22. The number of nitro benzene ring substituents is 1. The predicted molar refractivity (Wildman–Crippen MR) is 106 cm³/mol. The highest BCUT2D eigenvalue weighted by Gasteiger charge is 2.48. The molecule has 0 bridgehead atoms. The zero-order valence-corrected chi connectivity index (χ0v) is 15.6. The minimum Gasteiger partial charge on any atom is -0.507 e. The first-order valence-corrected chi connectivity index (χ1v) is 9.37. The number of carbonyl (C=O) groups is 2. The average Bonchev–Trinajstić information content (AvgIpc) is 3.35. The molecule has 1 fully saturated rings. The van der Waals surface area contributed by atoms with Gasteiger partial charge in [-0.3, -0.25) is 24.6 Å². The quantitative estimate of drug-likeness (QED) is 0.232. The third kappa shape index (κ3) is 3.17. The number of hydrogen-bond donors (Lipinski definition) is 1. The van der Waals surface area contributed by atoms with Crippen molar-refractivity contribution in [1.29, 1.82) is 0 Å². The van der Waals surface area contributed by atoms with Gasteiger partial charge in [0.15, 0.2) is 5.13 Å². The van der Waals surface area contributed by atoms with Crippen LogP contribution in [-0.2, 0) is 9.59 Å². The van der Waals surface area contributed by atoms with E-state index in [9.17, 15) is 24.8 Å². The number of anilines is 1. The van der Waals surface area contributed by atoms with Gasteiger partial charge in [-0.15, -0.1) is 11.3 Å². The maximum Gasteiger partial charge on any atom is 0.301 e. The number of nitro groups is 1. The molecule has 0 aliphatic carbocycles. The summed E-state index contributed by atoms with van der Waals surface area (Å²) in [7, 11) is 0. The molecular weight excluding hydrogens is 394 g/mol. The van der Waals surface area contributed by atoms with Crippen LogP contribution in [-0.4, -0.2) is 26.7 Å². The Morgan fingerprint density at radius 3 is 2.38 bits per heavy atom. The Hall–Kier alpha value is -3.85. The fraction of sp³-hybridized carbons (Fsp3) is 0.0500. The molecule has 0 saturated carbocycles. The second-order valence-corrected chi connectivity index (χ2v) is 7.07. The fourth-order valence-electron chi connectivity index (χ4n) is 3.21. The number of nitrogens with zero attached hydrogens (tertiary/aromatic N) is 3. The fourth-order valence-corrected chi connectivity index (χ4v) is 3.88. The molecule has 3 aromatic rings. The van der Waals surface area contributed by atoms with Crippen molar-refractivity contribution in [2.75, 3.05) is 4.90 Å². The molecule has 1 aliphatic heterocycles. The highest BCUT2D eigenvalue weighted by molar-refractivity contribution is 7.14. The molecule has 4 rings (SSSR count). The van der Waals surface area contributed by atoms with Crippen LogP contribution in [0.1, 0.15) is 17.2 Å². The van der Waals surface area contributed by atoms with Crippen molar-refractivity contribution >= 4 is 39.6 Å². The molecule has 0 radical (unpaired) electrons. The van der Waals surface area contributed by atoms with E-state index in [0.29, 0.717) is 16.3 Å². The molecule has 0 spiro atoms. The molecule has 1 amide bonds. The van der Waals surface area contributed by atoms with Gasteiger partial charge in [0.1, 0.15) is 5.76 Å². The Morgan fingerprint density at radius 2 is 1.79 bits per heavy atom. The number of non-ortho nitro benzene ring substituents is 1. The van der Waals surface area contributed by atoms with Crippen LogP contribution in [0.3, 0.4) is 0 Å². The number of carbonyl (C=O) groups excluding carboxylic acids is 2. The molecule has 2 aromatic carbocycles. The third-order valence-corrected chi connectivity index (χ3v) is 5.31. The van der Waals surface area contributed by atoms with Gasteiger partial charge in [0, 0.05) is 29.3 Å². The van der Waals surface area contributed by atoms with Crippen molar-refractivity contribution in [2.45, 2.75) is 6.04 Å². The van der Waals surface area contributed by atoms with Gasteiger partial charge in [-0.25, -0.2) is 4.98 Å². The van der Waals surface area contributed by atoms with Crippen molar-refractivity contribution in [3.63, 3.8) is 0 Å². The maximum absolute atomic E-state index is 12.8. The normalized spacial score (nSPS) is 18.2. The van der Waals surface area contributed by atoms with Gasteiger partial charge in [0.25, 0.3) is 11.5 Å². The smallest absolute Gasteiger partial charge is 0.301 e. The molecule has 8 nitrogen and oxygen atoms in total. The first-order valence-electron chi connectivity index (χ1n) is 8.49. The number of amides is 1. The second-order valence-electron chi connectivity index (χ2n) is 6.20. The topological polar surface area (TPSA) is 114 Å². The number of aromatic nitrogens is 1. The Balaban J connectivity index is 1.92. The summed E-state index contributed by atoms with van der Waals surface area (Å²) >= 11 is 1.17. The Bertz CT molecular complexity index is 1120. The lowest BCUT2D eigenvalue weighted by molar-refractivity contribution is -0.384. The van der Waals surface area contributed by atoms with Crippen LogP contribution < -0.4 is 4.90 Å². The summed E-state index contributed by atoms with van der Waals surface area (Å²) in [6.45, 7) is 0. The Morgan fingerprint density at radius 1 is 1.10 bits per heavy atom. The number of aliphatic hydroxyl groups excluding tert-OH is 1. The van der Waals surface area contributed by atoms with Crippen molar-refractivity contribution < 1.29 is 19.6 Å². The largest absolute Gasteiger partial charge is 0.507 e. The summed E-state index contributed by atoms with van der Waals surface area (Å²) in [5.74, 6) is -1.97. The lowest BCUT2D eigenvalue weighted by Crippen LogP contribution is -2.29. The van der Waals surface area contributed by atoms with Crippen LogP contribution in [0, 0.1) is 10.1 Å². The number of benzene rings is 2. The van der Waals surface area contributed by atoms with E-state index in [-0.39, 0.29) is 17.0 Å². The summed E-state index contributed by atoms with van der Waals surface area (Å²) in [5.41, 5.74) is 0.618. The first kappa shape index (κ1) is 18.5. The van der Waals surface area contributed by atoms with Crippen LogP contribution in [0.15, 0.2) is 71.7 Å². The maximum atomic E-state index is 12.8. The summed E-state index contributed by atoms with van der Waals surface area (Å²) < 4.78 is 0. The number of Topliss-reactive ketones (excluding diaryl/α,β-unsaturated/α-hetero) is 1. The highest BCUT2D eigenvalue weighted by Crippen LogP contribution is 2.42. The summed E-state index contributed by atoms with van der Waals surface area (Å²) in [5, 5.41) is 23.8. The number of rotatable bonds is 4. The van der Waals surface area contributed by atoms with Gasteiger partial charge in [-0.05, 0) is 17.7 Å². The predicted octanol–water partition coefficient (Wildman–Crippen LogP) is 3.68. The zero-order valence-electron chi connectivity index (χ0n) is 14.8. The Kier molecular flexibility index (Phi) is 4.65. The van der Waals surface area contributed by atoms with Gasteiger partial charge < -0.3 is 5.11 Å². The van der Waals surface area contributed by atoms with Crippen LogP contribution in [0.4, 0.5) is 10.8 Å². The summed E-state index contributed by atoms with van der Waals surface area (Å²) in [6, 6.07) is 13.0. The van der Waals surface area contributed by atoms with E-state index in [1.54, 1.807) is 35.7 Å². The SMILES string of the molecule is O=C1C(=O)N(c2nccs2)C(c2ccc([N+](=O)[O-])cc2)C1=C(O)c1ccccc1. The second kappa shape index (κ2) is 7.28. The van der Waals surface area contributed by atoms with E-state index in [0.717, 1.165) is 0 Å². The van der Waals surface area contributed by atoms with E-state index in [4.69, 9.17) is 0 Å². The summed E-state index contributed by atoms with van der Waals surface area (Å²) in [6.07, 6.45) is 1.50. The highest BCUT2D eigenvalue weighted by atomic mass is 32.1. The first-order chi connectivity index (χ1) is 14.0. The van der Waals surface area contributed by atoms with Crippen LogP contribution >= 0.6 is 11.3 Å². The molecule has 1 aliphatic rings. The number of thiazole rings is 1. The molecule has 1 aromatic heterocycles. The summed E-state index contributed by atoms with van der Waals surface area (Å²) in [4.78, 5) is 41.4. The molecular formula is C20H13N3O5S. The van der Waals surface area contributed by atoms with Crippen molar-refractivity contribution in [1.82, 2.24) is 4.98 Å². The molecule has 1 unspecified atom stereocenters. The van der Waals surface area contributed by atoms with E-state index >= 15 is 0 Å². The van der Waals surface area contributed by atoms with Gasteiger partial charge in [0.05, 0.1) is 16.5 Å². The molecule has 2 heterocycles. The van der Waals surface area contributed by atoms with Crippen LogP contribution in [0.5, 0.6) is 0 Å². The molecule has 9 heteroatoms. The van der Waals surface area contributed by atoms with Crippen LogP contribution in [0.25, 0.3) is 5.76 Å². The molecule has 144 valence electrons. The minimum atomic E-state index is -0.956. The third-order valence-electron chi connectivity index (χ3n) is 4.54. The van der Waals surface area contributed by atoms with E-state index < -0.39 is 22.7 Å². The van der Waals surface area contributed by atoms with Gasteiger partial charge >= 0.3 is 5.91 Å². The monoisotopic (exact) mass is 407 g/mol. The van der Waals surface area contributed by atoms with E-state index in [1.807, 2.05) is 0 Å². The average molecular weight is 407 g/mol. The van der Waals surface area contributed by atoms with Gasteiger partial charge in [-0.2, -0.15) is 0 Å². The van der Waals surface area contributed by atoms with Crippen molar-refractivity contribution in [3.05, 3.63) is 93.0 Å². The molecule has 29 heavy (non-hydrogen) atoms. The zero-order chi connectivity index (χ0) is 20.5.